The van der Waals surface area contributed by atoms with Crippen LogP contribution in [0.15, 0.2) is 51.7 Å². The molecule has 0 atom stereocenters. The first kappa shape index (κ1) is 17.5. The summed E-state index contributed by atoms with van der Waals surface area (Å²) in [5.41, 5.74) is 2.30. The quantitative estimate of drug-likeness (QED) is 0.654. The fraction of sp³-hybridized carbons (Fsp3) is 0.211. The molecule has 1 heterocycles. The van der Waals surface area contributed by atoms with E-state index in [1.54, 1.807) is 43.3 Å². The lowest BCUT2D eigenvalue weighted by atomic mass is 10.1. The zero-order chi connectivity index (χ0) is 18.7. The first-order valence-corrected chi connectivity index (χ1v) is 8.01. The molecule has 26 heavy (non-hydrogen) atoms. The van der Waals surface area contributed by atoms with Crippen molar-refractivity contribution in [1.82, 2.24) is 4.57 Å². The van der Waals surface area contributed by atoms with Gasteiger partial charge in [-0.25, -0.2) is 14.4 Å². The normalized spacial score (nSPS) is 10.7. The fourth-order valence-electron chi connectivity index (χ4n) is 2.65. The van der Waals surface area contributed by atoms with Gasteiger partial charge in [-0.05, 0) is 42.8 Å². The number of carbonyl (C=O) groups is 2. The molecule has 0 saturated heterocycles. The summed E-state index contributed by atoms with van der Waals surface area (Å²) in [5, 5.41) is 0. The van der Waals surface area contributed by atoms with Crippen LogP contribution in [-0.4, -0.2) is 30.2 Å². The van der Waals surface area contributed by atoms with Crippen molar-refractivity contribution in [1.29, 1.82) is 0 Å². The van der Waals surface area contributed by atoms with E-state index in [0.29, 0.717) is 22.2 Å². The number of ether oxygens (including phenoxy) is 2. The van der Waals surface area contributed by atoms with Gasteiger partial charge in [-0.3, -0.25) is 4.57 Å². The Kier molecular flexibility index (Phi) is 4.88. The number of aromatic nitrogens is 1. The van der Waals surface area contributed by atoms with Crippen LogP contribution < -0.4 is 5.76 Å². The lowest BCUT2D eigenvalue weighted by molar-refractivity contribution is 0.0525. The number of nitrogens with zero attached hydrogens (tertiary/aromatic N) is 1. The number of oxazole rings is 1. The number of esters is 2. The molecule has 0 spiro atoms. The second-order valence-corrected chi connectivity index (χ2v) is 5.55. The molecule has 134 valence electrons. The summed E-state index contributed by atoms with van der Waals surface area (Å²) < 4.78 is 16.3. The average Bonchev–Trinajstić information content (AvgIpc) is 2.96. The van der Waals surface area contributed by atoms with Gasteiger partial charge in [-0.1, -0.05) is 12.1 Å². The Labute approximate surface area is 148 Å². The molecule has 0 N–H and O–H groups in total. The third kappa shape index (κ3) is 3.37. The molecular formula is C19H17NO6. The van der Waals surface area contributed by atoms with Crippen LogP contribution in [0.5, 0.6) is 0 Å². The number of carbonyl (C=O) groups excluding carboxylic acids is 2. The van der Waals surface area contributed by atoms with E-state index >= 15 is 0 Å². The van der Waals surface area contributed by atoms with Crippen molar-refractivity contribution >= 4 is 23.0 Å². The molecule has 3 rings (SSSR count). The third-order valence-corrected chi connectivity index (χ3v) is 3.87. The van der Waals surface area contributed by atoms with E-state index in [4.69, 9.17) is 9.15 Å². The molecular weight excluding hydrogens is 338 g/mol. The zero-order valence-electron chi connectivity index (χ0n) is 14.4. The van der Waals surface area contributed by atoms with Crippen LogP contribution in [0.4, 0.5) is 0 Å². The maximum Gasteiger partial charge on any atom is 0.420 e. The molecule has 2 aromatic carbocycles. The maximum absolute atomic E-state index is 12.2. The van der Waals surface area contributed by atoms with E-state index in [1.165, 1.54) is 17.7 Å². The molecule has 0 aliphatic carbocycles. The molecule has 0 bridgehead atoms. The molecule has 0 unspecified atom stereocenters. The summed E-state index contributed by atoms with van der Waals surface area (Å²) in [5.74, 6) is -1.48. The van der Waals surface area contributed by atoms with Crippen molar-refractivity contribution in [2.75, 3.05) is 13.7 Å². The van der Waals surface area contributed by atoms with Gasteiger partial charge in [0.25, 0.3) is 0 Å². The highest BCUT2D eigenvalue weighted by Gasteiger charge is 2.14. The van der Waals surface area contributed by atoms with Gasteiger partial charge in [-0.2, -0.15) is 0 Å². The molecule has 0 fully saturated rings. The van der Waals surface area contributed by atoms with Crippen LogP contribution in [0.3, 0.4) is 0 Å². The van der Waals surface area contributed by atoms with Crippen LogP contribution in [-0.2, 0) is 16.0 Å². The maximum atomic E-state index is 12.2. The number of fused-ring (bicyclic) bond motifs is 1. The SMILES string of the molecule is CCOC(=O)c1cccc(Cn2c(=O)oc3cc(C(=O)OC)ccc32)c1. The Morgan fingerprint density at radius 2 is 1.85 bits per heavy atom. The Hall–Kier alpha value is -3.35. The van der Waals surface area contributed by atoms with Crippen molar-refractivity contribution < 1.29 is 23.5 Å². The van der Waals surface area contributed by atoms with Gasteiger partial charge < -0.3 is 13.9 Å². The highest BCUT2D eigenvalue weighted by atomic mass is 16.5. The fourth-order valence-corrected chi connectivity index (χ4v) is 2.65. The first-order chi connectivity index (χ1) is 12.5. The molecule has 7 nitrogen and oxygen atoms in total. The standard InChI is InChI=1S/C19H17NO6/c1-3-25-18(22)13-6-4-5-12(9-13)11-20-15-8-7-14(17(21)24-2)10-16(15)26-19(20)23/h4-10H,3,11H2,1-2H3. The number of benzene rings is 2. The van der Waals surface area contributed by atoms with Crippen LogP contribution in [0.25, 0.3) is 11.1 Å². The highest BCUT2D eigenvalue weighted by molar-refractivity contribution is 5.93. The summed E-state index contributed by atoms with van der Waals surface area (Å²) in [6.45, 7) is 2.25. The predicted octanol–water partition coefficient (Wildman–Crippen LogP) is 2.61. The van der Waals surface area contributed by atoms with Gasteiger partial charge in [0.15, 0.2) is 5.58 Å². The van der Waals surface area contributed by atoms with Gasteiger partial charge in [0.2, 0.25) is 0 Å². The van der Waals surface area contributed by atoms with Gasteiger partial charge >= 0.3 is 17.7 Å². The molecule has 3 aromatic rings. The molecule has 0 aliphatic rings. The Morgan fingerprint density at radius 1 is 1.08 bits per heavy atom. The van der Waals surface area contributed by atoms with E-state index in [0.717, 1.165) is 5.56 Å². The average molecular weight is 355 g/mol. The molecule has 1 aromatic heterocycles. The number of hydrogen-bond acceptors (Lipinski definition) is 6. The minimum absolute atomic E-state index is 0.219. The smallest absolute Gasteiger partial charge is 0.420 e. The second kappa shape index (κ2) is 7.26. The Morgan fingerprint density at radius 3 is 2.58 bits per heavy atom. The molecule has 0 amide bonds. The summed E-state index contributed by atoms with van der Waals surface area (Å²) in [6, 6.07) is 11.5. The van der Waals surface area contributed by atoms with Gasteiger partial charge in [0, 0.05) is 0 Å². The van der Waals surface area contributed by atoms with Crippen LogP contribution >= 0.6 is 0 Å². The zero-order valence-corrected chi connectivity index (χ0v) is 14.4. The lowest BCUT2D eigenvalue weighted by Crippen LogP contribution is -2.15. The molecule has 0 radical (unpaired) electrons. The van der Waals surface area contributed by atoms with Crippen molar-refractivity contribution in [3.63, 3.8) is 0 Å². The van der Waals surface area contributed by atoms with Crippen molar-refractivity contribution in [3.8, 4) is 0 Å². The summed E-state index contributed by atoms with van der Waals surface area (Å²) >= 11 is 0. The van der Waals surface area contributed by atoms with Crippen LogP contribution in [0.2, 0.25) is 0 Å². The van der Waals surface area contributed by atoms with Crippen LogP contribution in [0.1, 0.15) is 33.2 Å². The third-order valence-electron chi connectivity index (χ3n) is 3.87. The van der Waals surface area contributed by atoms with Crippen molar-refractivity contribution in [2.24, 2.45) is 0 Å². The Bertz CT molecular complexity index is 1030. The topological polar surface area (TPSA) is 87.7 Å². The number of rotatable bonds is 5. The highest BCUT2D eigenvalue weighted by Crippen LogP contribution is 2.17. The number of hydrogen-bond donors (Lipinski definition) is 0. The summed E-state index contributed by atoms with van der Waals surface area (Å²) in [4.78, 5) is 35.7. The van der Waals surface area contributed by atoms with E-state index in [1.807, 2.05) is 0 Å². The molecule has 7 heteroatoms. The van der Waals surface area contributed by atoms with E-state index in [-0.39, 0.29) is 13.2 Å². The minimum atomic E-state index is -0.552. The van der Waals surface area contributed by atoms with Gasteiger partial charge in [0.1, 0.15) is 0 Å². The second-order valence-electron chi connectivity index (χ2n) is 5.55. The molecule has 0 aliphatic heterocycles. The number of methoxy groups -OCH3 is 1. The largest absolute Gasteiger partial charge is 0.465 e. The lowest BCUT2D eigenvalue weighted by Gasteiger charge is -2.06. The van der Waals surface area contributed by atoms with Crippen molar-refractivity contribution in [3.05, 3.63) is 69.7 Å². The summed E-state index contributed by atoms with van der Waals surface area (Å²) in [6.07, 6.45) is 0. The minimum Gasteiger partial charge on any atom is -0.465 e. The van der Waals surface area contributed by atoms with Gasteiger partial charge in [0.05, 0.1) is 36.9 Å². The van der Waals surface area contributed by atoms with Crippen LogP contribution in [0, 0.1) is 0 Å². The predicted molar refractivity (Wildman–Crippen MR) is 93.3 cm³/mol. The van der Waals surface area contributed by atoms with Crippen molar-refractivity contribution in [2.45, 2.75) is 13.5 Å². The van der Waals surface area contributed by atoms with Gasteiger partial charge in [-0.15, -0.1) is 0 Å². The first-order valence-electron chi connectivity index (χ1n) is 8.01. The van der Waals surface area contributed by atoms with E-state index in [2.05, 4.69) is 4.74 Å². The van der Waals surface area contributed by atoms with E-state index < -0.39 is 17.7 Å². The van der Waals surface area contributed by atoms with E-state index in [9.17, 15) is 14.4 Å². The molecule has 0 saturated carbocycles. The monoisotopic (exact) mass is 355 g/mol. The summed E-state index contributed by atoms with van der Waals surface area (Å²) in [7, 11) is 1.28. The Balaban J connectivity index is 1.95.